The van der Waals surface area contributed by atoms with Crippen molar-refractivity contribution in [1.82, 2.24) is 4.98 Å². The molecule has 2 aromatic carbocycles. The molecule has 1 amide bonds. The number of sulfone groups is 1. The van der Waals surface area contributed by atoms with Crippen molar-refractivity contribution in [3.8, 4) is 0 Å². The summed E-state index contributed by atoms with van der Waals surface area (Å²) in [6, 6.07) is 10.6. The largest absolute Gasteiger partial charge is 0.515 e. The maximum atomic E-state index is 13.1. The van der Waals surface area contributed by atoms with Gasteiger partial charge in [-0.2, -0.15) is 0 Å². The van der Waals surface area contributed by atoms with E-state index in [1.165, 1.54) is 0 Å². The Hall–Kier alpha value is -3.90. The molecule has 0 saturated carbocycles. The van der Waals surface area contributed by atoms with Gasteiger partial charge in [0.25, 0.3) is 11.5 Å². The number of aliphatic hydroxyl groups excluding tert-OH is 1. The molecule has 1 N–H and O–H groups in total. The van der Waals surface area contributed by atoms with Gasteiger partial charge in [-0.3, -0.25) is 24.6 Å². The highest BCUT2D eigenvalue weighted by molar-refractivity contribution is 7.93. The van der Waals surface area contributed by atoms with Crippen LogP contribution in [0.2, 0.25) is 0 Å². The van der Waals surface area contributed by atoms with E-state index in [2.05, 4.69) is 4.98 Å². The standard InChI is InChI=1S/C24H21N3O7S2/c1-24(2,3)15-6-4-14(5-7-15)20-18(13-28)21(29)22(30)26(20)23-25-12-19(35-23)36(33,34)17-10-8-16(9-11-17)27(31)32/h4-13,20,28H,1-3H3. The van der Waals surface area contributed by atoms with Crippen molar-refractivity contribution in [3.05, 3.63) is 87.8 Å². The Morgan fingerprint density at radius 2 is 1.69 bits per heavy atom. The molecule has 1 atom stereocenters. The van der Waals surface area contributed by atoms with Gasteiger partial charge in [0.05, 0.1) is 33.9 Å². The minimum atomic E-state index is -4.10. The van der Waals surface area contributed by atoms with Crippen LogP contribution in [0.4, 0.5) is 10.8 Å². The minimum Gasteiger partial charge on any atom is -0.515 e. The number of amides is 1. The quantitative estimate of drug-likeness (QED) is 0.170. The van der Waals surface area contributed by atoms with E-state index in [-0.39, 0.29) is 30.9 Å². The molecule has 1 saturated heterocycles. The molecule has 36 heavy (non-hydrogen) atoms. The predicted octanol–water partition coefficient (Wildman–Crippen LogP) is 4.28. The van der Waals surface area contributed by atoms with Crippen molar-refractivity contribution >= 4 is 43.7 Å². The van der Waals surface area contributed by atoms with Gasteiger partial charge in [0.1, 0.15) is 4.21 Å². The molecular formula is C24H21N3O7S2. The van der Waals surface area contributed by atoms with Gasteiger partial charge in [-0.25, -0.2) is 13.4 Å². The normalized spacial score (nSPS) is 17.7. The maximum Gasteiger partial charge on any atom is 0.301 e. The van der Waals surface area contributed by atoms with Crippen LogP contribution in [0.5, 0.6) is 0 Å². The fraction of sp³-hybridized carbons (Fsp3) is 0.208. The number of carbonyl (C=O) groups excluding carboxylic acids is 2. The van der Waals surface area contributed by atoms with E-state index in [9.17, 15) is 33.2 Å². The van der Waals surface area contributed by atoms with Crippen molar-refractivity contribution < 1.29 is 28.0 Å². The summed E-state index contributed by atoms with van der Waals surface area (Å²) in [6.45, 7) is 6.12. The first-order chi connectivity index (χ1) is 16.9. The highest BCUT2D eigenvalue weighted by Crippen LogP contribution is 2.42. The van der Waals surface area contributed by atoms with Crippen LogP contribution in [-0.4, -0.2) is 35.1 Å². The van der Waals surface area contributed by atoms with Gasteiger partial charge in [0.15, 0.2) is 5.13 Å². The summed E-state index contributed by atoms with van der Waals surface area (Å²) >= 11 is 0.678. The van der Waals surface area contributed by atoms with Gasteiger partial charge in [-0.05, 0) is 28.7 Å². The molecule has 4 rings (SSSR count). The molecule has 1 unspecified atom stereocenters. The third kappa shape index (κ3) is 4.29. The van der Waals surface area contributed by atoms with Crippen molar-refractivity contribution in [1.29, 1.82) is 0 Å². The van der Waals surface area contributed by atoms with E-state index >= 15 is 0 Å². The Bertz CT molecular complexity index is 1500. The number of aliphatic hydroxyl groups is 1. The number of thiazole rings is 1. The zero-order valence-electron chi connectivity index (χ0n) is 19.4. The van der Waals surface area contributed by atoms with Crippen molar-refractivity contribution in [3.63, 3.8) is 0 Å². The number of nitrogens with zero attached hydrogens (tertiary/aromatic N) is 3. The average Bonchev–Trinajstić information content (AvgIpc) is 3.42. The molecule has 0 aliphatic carbocycles. The van der Waals surface area contributed by atoms with Crippen LogP contribution >= 0.6 is 11.3 Å². The fourth-order valence-corrected chi connectivity index (χ4v) is 6.33. The van der Waals surface area contributed by atoms with Gasteiger partial charge in [0, 0.05) is 12.1 Å². The second-order valence-electron chi connectivity index (χ2n) is 9.08. The number of nitro benzene ring substituents is 1. The van der Waals surface area contributed by atoms with Crippen LogP contribution in [0.15, 0.2) is 75.7 Å². The van der Waals surface area contributed by atoms with Crippen LogP contribution < -0.4 is 4.90 Å². The smallest absolute Gasteiger partial charge is 0.301 e. The minimum absolute atomic E-state index is 0.0458. The SMILES string of the molecule is CC(C)(C)c1ccc(C2C(=CO)C(=O)C(=O)N2c2ncc(S(=O)(=O)c3ccc([N+](=O)[O-])cc3)s2)cc1. The molecule has 1 aromatic heterocycles. The number of nitro groups is 1. The number of rotatable bonds is 5. The van der Waals surface area contributed by atoms with Crippen LogP contribution in [-0.2, 0) is 24.8 Å². The van der Waals surface area contributed by atoms with Gasteiger partial charge in [-0.15, -0.1) is 0 Å². The predicted molar refractivity (Wildman–Crippen MR) is 132 cm³/mol. The summed E-state index contributed by atoms with van der Waals surface area (Å²) in [5.74, 6) is -1.87. The molecule has 2 heterocycles. The molecule has 12 heteroatoms. The number of Topliss-reactive ketones (excluding diaryl/α,β-unsaturated/α-hetero) is 1. The zero-order valence-corrected chi connectivity index (χ0v) is 21.0. The Balaban J connectivity index is 1.74. The first kappa shape index (κ1) is 25.2. The van der Waals surface area contributed by atoms with Gasteiger partial charge in [-0.1, -0.05) is 56.4 Å². The monoisotopic (exact) mass is 527 g/mol. The first-order valence-corrected chi connectivity index (χ1v) is 12.9. The summed E-state index contributed by atoms with van der Waals surface area (Å²) < 4.78 is 25.9. The van der Waals surface area contributed by atoms with Crippen LogP contribution in [0.3, 0.4) is 0 Å². The summed E-state index contributed by atoms with van der Waals surface area (Å²) in [7, 11) is -4.10. The molecule has 0 radical (unpaired) electrons. The summed E-state index contributed by atoms with van der Waals surface area (Å²) in [5, 5.41) is 20.6. The number of non-ortho nitro benzene ring substituents is 1. The lowest BCUT2D eigenvalue weighted by Gasteiger charge is -2.24. The Morgan fingerprint density at radius 1 is 1.08 bits per heavy atom. The van der Waals surface area contributed by atoms with E-state index < -0.39 is 32.5 Å². The van der Waals surface area contributed by atoms with E-state index in [4.69, 9.17) is 0 Å². The lowest BCUT2D eigenvalue weighted by molar-refractivity contribution is -0.384. The van der Waals surface area contributed by atoms with Gasteiger partial charge in [0.2, 0.25) is 9.84 Å². The summed E-state index contributed by atoms with van der Waals surface area (Å²) in [4.78, 5) is 40.7. The number of aromatic nitrogens is 1. The number of hydrogen-bond acceptors (Lipinski definition) is 9. The van der Waals surface area contributed by atoms with E-state index in [1.54, 1.807) is 12.1 Å². The first-order valence-electron chi connectivity index (χ1n) is 10.6. The molecule has 0 bridgehead atoms. The van der Waals surface area contributed by atoms with Crippen molar-refractivity contribution in [2.45, 2.75) is 41.3 Å². The maximum absolute atomic E-state index is 13.1. The Labute approximate surface area is 210 Å². The van der Waals surface area contributed by atoms with Crippen LogP contribution in [0, 0.1) is 10.1 Å². The number of hydrogen-bond donors (Lipinski definition) is 1. The van der Waals surface area contributed by atoms with Crippen LogP contribution in [0.1, 0.15) is 37.9 Å². The third-order valence-corrected chi connectivity index (χ3v) is 8.99. The van der Waals surface area contributed by atoms with Crippen molar-refractivity contribution in [2.75, 3.05) is 4.90 Å². The Kier molecular flexibility index (Phi) is 6.27. The molecule has 0 spiro atoms. The van der Waals surface area contributed by atoms with Gasteiger partial charge < -0.3 is 5.11 Å². The molecule has 3 aromatic rings. The highest BCUT2D eigenvalue weighted by Gasteiger charge is 2.46. The lowest BCUT2D eigenvalue weighted by atomic mass is 9.86. The number of anilines is 1. The molecule has 10 nitrogen and oxygen atoms in total. The number of benzene rings is 2. The molecule has 1 fully saturated rings. The van der Waals surface area contributed by atoms with Crippen molar-refractivity contribution in [2.24, 2.45) is 0 Å². The molecular weight excluding hydrogens is 506 g/mol. The number of carbonyl (C=O) groups is 2. The number of ketones is 1. The van der Waals surface area contributed by atoms with E-state index in [1.807, 2.05) is 32.9 Å². The summed E-state index contributed by atoms with van der Waals surface area (Å²) in [5.41, 5.74) is 1.01. The molecule has 1 aliphatic rings. The second-order valence-corrected chi connectivity index (χ2v) is 12.3. The highest BCUT2D eigenvalue weighted by atomic mass is 32.2. The lowest BCUT2D eigenvalue weighted by Crippen LogP contribution is -2.29. The summed E-state index contributed by atoms with van der Waals surface area (Å²) in [6.07, 6.45) is 1.65. The second kappa shape index (κ2) is 8.95. The Morgan fingerprint density at radius 3 is 2.22 bits per heavy atom. The zero-order chi connectivity index (χ0) is 26.4. The van der Waals surface area contributed by atoms with E-state index in [0.29, 0.717) is 23.2 Å². The average molecular weight is 528 g/mol. The third-order valence-electron chi connectivity index (χ3n) is 5.76. The van der Waals surface area contributed by atoms with Gasteiger partial charge >= 0.3 is 5.91 Å². The molecule has 1 aliphatic heterocycles. The fourth-order valence-electron chi connectivity index (χ4n) is 3.78. The topological polar surface area (TPSA) is 148 Å². The molecule has 186 valence electrons. The van der Waals surface area contributed by atoms with Crippen LogP contribution in [0.25, 0.3) is 0 Å². The van der Waals surface area contributed by atoms with E-state index in [0.717, 1.165) is 40.9 Å².